The molecule has 0 saturated carbocycles. The predicted molar refractivity (Wildman–Crippen MR) is 165 cm³/mol. The summed E-state index contributed by atoms with van der Waals surface area (Å²) in [5.74, 6) is -0.476. The molecule has 0 bridgehead atoms. The van der Waals surface area contributed by atoms with Crippen LogP contribution < -0.4 is 5.46 Å². The van der Waals surface area contributed by atoms with Crippen LogP contribution in [0.25, 0.3) is 75.4 Å². The van der Waals surface area contributed by atoms with Crippen LogP contribution in [0.4, 0.5) is 0 Å². The van der Waals surface area contributed by atoms with E-state index in [1.807, 2.05) is 12.1 Å². The van der Waals surface area contributed by atoms with Gasteiger partial charge in [-0.3, -0.25) is 14.5 Å². The number of hydrogen-bond acceptors (Lipinski definition) is 2. The molecule has 1 aliphatic heterocycles. The van der Waals surface area contributed by atoms with Gasteiger partial charge in [-0.15, -0.1) is 0 Å². The van der Waals surface area contributed by atoms with E-state index in [9.17, 15) is 9.59 Å². The number of amides is 2. The third kappa shape index (κ3) is 2.33. The Bertz CT molecular complexity index is 2300. The molecule has 1 heterocycles. The number of benzene rings is 8. The second-order valence-corrected chi connectivity index (χ2v) is 11.4. The number of imide groups is 1. The first-order valence-electron chi connectivity index (χ1n) is 13.5. The van der Waals surface area contributed by atoms with Gasteiger partial charge >= 0.3 is 0 Å². The monoisotopic (exact) mass is 499 g/mol. The van der Waals surface area contributed by atoms with Gasteiger partial charge in [0.15, 0.2) is 6.71 Å². The van der Waals surface area contributed by atoms with Crippen molar-refractivity contribution < 1.29 is 9.59 Å². The summed E-state index contributed by atoms with van der Waals surface area (Å²) in [6.07, 6.45) is 0. The average Bonchev–Trinajstić information content (AvgIpc) is 2.96. The van der Waals surface area contributed by atoms with Crippen molar-refractivity contribution >= 4 is 99.4 Å². The minimum atomic E-state index is -0.238. The van der Waals surface area contributed by atoms with Crippen molar-refractivity contribution in [3.8, 4) is 0 Å². The largest absolute Gasteiger partial charge is 0.277 e. The van der Waals surface area contributed by atoms with Crippen LogP contribution in [0, 0.1) is 0 Å². The van der Waals surface area contributed by atoms with Crippen molar-refractivity contribution in [1.82, 2.24) is 4.90 Å². The summed E-state index contributed by atoms with van der Waals surface area (Å²) in [6.45, 7) is 4.97. The minimum absolute atomic E-state index is 0.238. The predicted octanol–water partition coefficient (Wildman–Crippen LogP) is 7.82. The molecule has 8 aromatic carbocycles. The fourth-order valence-electron chi connectivity index (χ4n) is 7.53. The van der Waals surface area contributed by atoms with E-state index in [1.54, 1.807) is 7.05 Å². The Morgan fingerprint density at radius 1 is 0.462 bits per heavy atom. The lowest BCUT2D eigenvalue weighted by atomic mass is 9.48. The molecule has 1 aliphatic rings. The maximum Gasteiger partial charge on any atom is 0.261 e. The van der Waals surface area contributed by atoms with Gasteiger partial charge in [-0.2, -0.15) is 0 Å². The van der Waals surface area contributed by atoms with Gasteiger partial charge in [0, 0.05) is 23.6 Å². The molecule has 0 saturated heterocycles. The van der Waals surface area contributed by atoms with E-state index in [0.29, 0.717) is 17.8 Å². The molecule has 182 valence electrons. The van der Waals surface area contributed by atoms with E-state index < -0.39 is 0 Å². The van der Waals surface area contributed by atoms with Gasteiger partial charge in [-0.05, 0) is 82.2 Å². The Kier molecular flexibility index (Phi) is 3.73. The van der Waals surface area contributed by atoms with E-state index in [2.05, 4.69) is 80.4 Å². The highest BCUT2D eigenvalue weighted by molar-refractivity contribution is 6.73. The Morgan fingerprint density at radius 2 is 0.846 bits per heavy atom. The van der Waals surface area contributed by atoms with Crippen molar-refractivity contribution in [2.75, 3.05) is 7.05 Å². The molecule has 39 heavy (non-hydrogen) atoms. The second kappa shape index (κ2) is 6.84. The summed E-state index contributed by atoms with van der Waals surface area (Å²) in [5, 5.41) is 16.6. The molecule has 9 rings (SSSR count). The van der Waals surface area contributed by atoms with Crippen molar-refractivity contribution in [2.24, 2.45) is 0 Å². The quantitative estimate of drug-likeness (QED) is 0.1000. The molecule has 0 aromatic heterocycles. The maximum atomic E-state index is 13.1. The Hall–Kier alpha value is -4.70. The maximum absolute atomic E-state index is 13.1. The highest BCUT2D eigenvalue weighted by atomic mass is 16.2. The van der Waals surface area contributed by atoms with Crippen molar-refractivity contribution in [2.45, 2.75) is 13.6 Å². The third-order valence-electron chi connectivity index (χ3n) is 9.25. The Balaban J connectivity index is 1.54. The summed E-state index contributed by atoms with van der Waals surface area (Å²) in [6, 6.07) is 28.3. The van der Waals surface area contributed by atoms with Crippen LogP contribution in [-0.2, 0) is 0 Å². The van der Waals surface area contributed by atoms with Crippen LogP contribution in [0.15, 0.2) is 78.9 Å². The molecule has 0 atom stereocenters. The first-order chi connectivity index (χ1) is 19.0. The topological polar surface area (TPSA) is 37.4 Å². The van der Waals surface area contributed by atoms with Crippen LogP contribution in [0.3, 0.4) is 0 Å². The molecule has 2 amide bonds. The molecule has 8 aromatic rings. The lowest BCUT2D eigenvalue weighted by Crippen LogP contribution is -2.36. The molecule has 3 nitrogen and oxygen atoms in total. The molecular formula is C35H22BNO2. The lowest BCUT2D eigenvalue weighted by molar-refractivity contribution is 0.0651. The molecular weight excluding hydrogens is 477 g/mol. The second-order valence-electron chi connectivity index (χ2n) is 11.4. The summed E-state index contributed by atoms with van der Waals surface area (Å²) in [4.78, 5) is 27.4. The van der Waals surface area contributed by atoms with Crippen LogP contribution in [0.2, 0.25) is 13.6 Å². The minimum Gasteiger partial charge on any atom is -0.277 e. The molecule has 0 unspecified atom stereocenters. The number of hydrogen-bond donors (Lipinski definition) is 0. The summed E-state index contributed by atoms with van der Waals surface area (Å²) in [5.41, 5.74) is 2.58. The molecule has 0 radical (unpaired) electrons. The zero-order chi connectivity index (χ0) is 26.3. The van der Waals surface area contributed by atoms with E-state index in [0.717, 1.165) is 32.3 Å². The average molecular weight is 499 g/mol. The lowest BCUT2D eigenvalue weighted by Gasteiger charge is -2.26. The SMILES string of the molecule is CB(C)c1ccc2c3ccc4c5ccc6c7c(ccc(c8ccc(c9cccc1c92)c3c84)c75)C(=O)N(C)C6=O. The number of carbonyl (C=O) groups excluding carboxylic acids is 2. The smallest absolute Gasteiger partial charge is 0.261 e. The van der Waals surface area contributed by atoms with E-state index in [4.69, 9.17) is 0 Å². The zero-order valence-electron chi connectivity index (χ0n) is 21.8. The number of fused-ring (bicyclic) bond motifs is 4. The van der Waals surface area contributed by atoms with E-state index in [1.165, 1.54) is 53.5 Å². The highest BCUT2D eigenvalue weighted by Crippen LogP contribution is 2.48. The fraction of sp³-hybridized carbons (Fsp3) is 0.0857. The van der Waals surface area contributed by atoms with Crippen molar-refractivity contribution in [3.05, 3.63) is 90.0 Å². The summed E-state index contributed by atoms with van der Waals surface area (Å²) in [7, 11) is 1.56. The van der Waals surface area contributed by atoms with Gasteiger partial charge in [0.2, 0.25) is 0 Å². The van der Waals surface area contributed by atoms with Crippen LogP contribution in [0.5, 0.6) is 0 Å². The van der Waals surface area contributed by atoms with Crippen molar-refractivity contribution in [3.63, 3.8) is 0 Å². The van der Waals surface area contributed by atoms with Crippen LogP contribution in [-0.4, -0.2) is 30.5 Å². The number of nitrogens with zero attached hydrogens (tertiary/aromatic N) is 1. The summed E-state index contributed by atoms with van der Waals surface area (Å²) < 4.78 is 0. The zero-order valence-corrected chi connectivity index (χ0v) is 21.8. The van der Waals surface area contributed by atoms with E-state index >= 15 is 0 Å². The number of carbonyl (C=O) groups is 2. The molecule has 4 heteroatoms. The Labute approximate surface area is 224 Å². The first kappa shape index (κ1) is 21.3. The first-order valence-corrected chi connectivity index (χ1v) is 13.5. The van der Waals surface area contributed by atoms with Crippen LogP contribution in [0.1, 0.15) is 20.7 Å². The molecule has 0 N–H and O–H groups in total. The van der Waals surface area contributed by atoms with Gasteiger partial charge in [0.1, 0.15) is 0 Å². The molecule has 0 spiro atoms. The van der Waals surface area contributed by atoms with Gasteiger partial charge in [-0.1, -0.05) is 85.8 Å². The standard InChI is InChI=1S/C35H22BNO2/c1-36(2)28-16-15-18-20-8-10-22-24-12-14-27-33-26(34(38)37(3)35(27)39)13-11-23(32(24)33)21-9-7-19(30(20)31(21)22)17-5-4-6-25(28)29(17)18/h4-16H,1-3H3. The summed E-state index contributed by atoms with van der Waals surface area (Å²) >= 11 is 0. The van der Waals surface area contributed by atoms with Gasteiger partial charge in [0.05, 0.1) is 0 Å². The fourth-order valence-corrected chi connectivity index (χ4v) is 7.53. The third-order valence-corrected chi connectivity index (χ3v) is 9.25. The van der Waals surface area contributed by atoms with Gasteiger partial charge < -0.3 is 0 Å². The van der Waals surface area contributed by atoms with Crippen LogP contribution >= 0.6 is 0 Å². The van der Waals surface area contributed by atoms with Gasteiger partial charge in [0.25, 0.3) is 11.8 Å². The van der Waals surface area contributed by atoms with Gasteiger partial charge in [-0.25, -0.2) is 0 Å². The highest BCUT2D eigenvalue weighted by Gasteiger charge is 2.32. The molecule has 0 aliphatic carbocycles. The Morgan fingerprint density at radius 3 is 1.36 bits per heavy atom. The normalized spacial score (nSPS) is 14.1. The number of rotatable bonds is 1. The van der Waals surface area contributed by atoms with Crippen molar-refractivity contribution in [1.29, 1.82) is 0 Å². The van der Waals surface area contributed by atoms with E-state index in [-0.39, 0.29) is 11.8 Å². The molecule has 0 fully saturated rings.